The Hall–Kier alpha value is -1.52. The Kier molecular flexibility index (Phi) is 1.10. The van der Waals surface area contributed by atoms with Crippen LogP contribution in [0.2, 0.25) is 0 Å². The lowest BCUT2D eigenvalue weighted by molar-refractivity contribution is 0.360. The predicted octanol–water partition coefficient (Wildman–Crippen LogP) is 1.56. The van der Waals surface area contributed by atoms with Crippen LogP contribution < -0.4 is 15.2 Å². The third-order valence-electron chi connectivity index (χ3n) is 1.39. The maximum Gasteiger partial charge on any atom is 0.191 e. The van der Waals surface area contributed by atoms with Crippen LogP contribution in [0.1, 0.15) is 8.22 Å². The molecule has 0 atom stereocenters. The molecule has 0 saturated carbocycles. The Morgan fingerprint density at radius 2 is 1.69 bits per heavy atom. The molecular formula is C8H9F2NO2. The Balaban J connectivity index is 3.27. The minimum atomic E-state index is -3.01. The lowest BCUT2D eigenvalue weighted by atomic mass is 10.2. The lowest BCUT2D eigenvalue weighted by Gasteiger charge is -2.08. The summed E-state index contributed by atoms with van der Waals surface area (Å²) in [6.07, 6.45) is 0. The molecule has 0 aliphatic heterocycles. The number of anilines is 1. The van der Waals surface area contributed by atoms with E-state index < -0.39 is 42.9 Å². The van der Waals surface area contributed by atoms with Crippen LogP contribution in [0.25, 0.3) is 0 Å². The highest BCUT2D eigenvalue weighted by molar-refractivity contribution is 5.53. The van der Waals surface area contributed by atoms with E-state index in [0.717, 1.165) is 0 Å². The van der Waals surface area contributed by atoms with Gasteiger partial charge in [-0.15, -0.1) is 0 Å². The van der Waals surface area contributed by atoms with Crippen LogP contribution >= 0.6 is 0 Å². The molecule has 0 aliphatic carbocycles. The van der Waals surface area contributed by atoms with Gasteiger partial charge in [-0.25, -0.2) is 8.78 Å². The van der Waals surface area contributed by atoms with Gasteiger partial charge >= 0.3 is 0 Å². The van der Waals surface area contributed by atoms with E-state index in [1.807, 2.05) is 0 Å². The van der Waals surface area contributed by atoms with E-state index in [-0.39, 0.29) is 0 Å². The van der Waals surface area contributed by atoms with E-state index >= 15 is 0 Å². The highest BCUT2D eigenvalue weighted by Crippen LogP contribution is 2.32. The van der Waals surface area contributed by atoms with Crippen LogP contribution in [0.4, 0.5) is 14.5 Å². The molecular weight excluding hydrogens is 180 g/mol. The zero-order valence-corrected chi connectivity index (χ0v) is 6.23. The smallest absolute Gasteiger partial charge is 0.191 e. The number of halogens is 2. The maximum atomic E-state index is 13.5. The number of rotatable bonds is 2. The fourth-order valence-corrected chi connectivity index (χ4v) is 0.756. The van der Waals surface area contributed by atoms with Crippen LogP contribution in [0.3, 0.4) is 0 Å². The summed E-state index contributed by atoms with van der Waals surface area (Å²) in [4.78, 5) is 0. The quantitative estimate of drug-likeness (QED) is 0.728. The monoisotopic (exact) mass is 195 g/mol. The van der Waals surface area contributed by atoms with Crippen molar-refractivity contribution in [3.05, 3.63) is 17.7 Å². The first kappa shape index (κ1) is 4.13. The Morgan fingerprint density at radius 1 is 1.23 bits per heavy atom. The second kappa shape index (κ2) is 3.47. The topological polar surface area (TPSA) is 44.5 Å². The zero-order chi connectivity index (χ0) is 15.0. The molecule has 1 aromatic carbocycles. The molecule has 72 valence electrons. The fraction of sp³-hybridized carbons (Fsp3) is 0.250. The molecule has 1 rings (SSSR count). The van der Waals surface area contributed by atoms with Crippen molar-refractivity contribution in [2.75, 3.05) is 19.8 Å². The Labute approximate surface area is 82.5 Å². The molecule has 0 amide bonds. The normalized spacial score (nSPS) is 18.6. The van der Waals surface area contributed by atoms with Gasteiger partial charge in [-0.2, -0.15) is 0 Å². The summed E-state index contributed by atoms with van der Waals surface area (Å²) in [5, 5.41) is 0. The Morgan fingerprint density at radius 3 is 2.08 bits per heavy atom. The molecule has 0 aliphatic rings. The van der Waals surface area contributed by atoms with E-state index in [2.05, 4.69) is 9.47 Å². The van der Waals surface area contributed by atoms with Crippen molar-refractivity contribution in [2.24, 2.45) is 0 Å². The second-order valence-corrected chi connectivity index (χ2v) is 2.12. The summed E-state index contributed by atoms with van der Waals surface area (Å²) in [7, 11) is -6.02. The number of methoxy groups -OCH3 is 2. The largest absolute Gasteiger partial charge is 0.493 e. The first-order valence-corrected chi connectivity index (χ1v) is 3.06. The SMILES string of the molecule is [2H]C([2H])([2H])Oc1cc(OC([2H])([2H])[2H])c(F)c(N)c1F. The average molecular weight is 195 g/mol. The number of hydrogen-bond acceptors (Lipinski definition) is 3. The summed E-state index contributed by atoms with van der Waals surface area (Å²) < 4.78 is 76.2. The van der Waals surface area contributed by atoms with Crippen LogP contribution in [0.15, 0.2) is 6.07 Å². The third kappa shape index (κ3) is 1.49. The molecule has 0 heterocycles. The van der Waals surface area contributed by atoms with Gasteiger partial charge in [0.05, 0.1) is 22.3 Å². The number of nitrogens with two attached hydrogens (primary N) is 1. The van der Waals surface area contributed by atoms with Crippen LogP contribution in [-0.2, 0) is 0 Å². The highest BCUT2D eigenvalue weighted by atomic mass is 19.1. The molecule has 0 fully saturated rings. The Bertz CT molecular complexity index is 447. The minimum absolute atomic E-state index is 0.472. The van der Waals surface area contributed by atoms with Crippen LogP contribution in [-0.4, -0.2) is 14.1 Å². The molecule has 0 spiro atoms. The zero-order valence-electron chi connectivity index (χ0n) is 12.2. The number of nitrogen functional groups attached to an aromatic ring is 1. The highest BCUT2D eigenvalue weighted by Gasteiger charge is 2.16. The van der Waals surface area contributed by atoms with Crippen molar-refractivity contribution in [3.63, 3.8) is 0 Å². The maximum absolute atomic E-state index is 13.5. The number of ether oxygens (including phenoxy) is 2. The molecule has 3 nitrogen and oxygen atoms in total. The van der Waals surface area contributed by atoms with E-state index in [1.54, 1.807) is 0 Å². The van der Waals surface area contributed by atoms with Gasteiger partial charge in [0.15, 0.2) is 23.1 Å². The van der Waals surface area contributed by atoms with Crippen molar-refractivity contribution in [1.82, 2.24) is 0 Å². The molecule has 2 N–H and O–H groups in total. The average Bonchev–Trinajstić information content (AvgIpc) is 2.18. The fourth-order valence-electron chi connectivity index (χ4n) is 0.756. The van der Waals surface area contributed by atoms with E-state index in [0.29, 0.717) is 6.07 Å². The van der Waals surface area contributed by atoms with E-state index in [9.17, 15) is 8.78 Å². The van der Waals surface area contributed by atoms with Gasteiger partial charge in [0.25, 0.3) is 0 Å². The number of hydrogen-bond donors (Lipinski definition) is 1. The van der Waals surface area contributed by atoms with Gasteiger partial charge in [-0.1, -0.05) is 0 Å². The standard InChI is InChI=1S/C8H9F2NO2/c1-12-4-3-5(13-2)7(10)8(11)6(4)9/h3H,11H2,1-2H3/i1D3,2D3. The van der Waals surface area contributed by atoms with Crippen molar-refractivity contribution in [2.45, 2.75) is 0 Å². The first-order chi connectivity index (χ1) is 8.41. The summed E-state index contributed by atoms with van der Waals surface area (Å²) >= 11 is 0. The van der Waals surface area contributed by atoms with E-state index in [4.69, 9.17) is 14.0 Å². The van der Waals surface area contributed by atoms with Crippen molar-refractivity contribution < 1.29 is 26.5 Å². The lowest BCUT2D eigenvalue weighted by Crippen LogP contribution is -2.01. The van der Waals surface area contributed by atoms with Gasteiger partial charge in [-0.3, -0.25) is 0 Å². The molecule has 1 aromatic rings. The van der Waals surface area contributed by atoms with Crippen LogP contribution in [0.5, 0.6) is 11.5 Å². The van der Waals surface area contributed by atoms with Gasteiger partial charge in [0, 0.05) is 6.07 Å². The predicted molar refractivity (Wildman–Crippen MR) is 43.9 cm³/mol. The van der Waals surface area contributed by atoms with Gasteiger partial charge < -0.3 is 15.2 Å². The molecule has 0 bridgehead atoms. The summed E-state index contributed by atoms with van der Waals surface area (Å²) in [5.41, 5.74) is 3.95. The van der Waals surface area contributed by atoms with Gasteiger partial charge in [-0.05, 0) is 0 Å². The molecule has 0 radical (unpaired) electrons. The van der Waals surface area contributed by atoms with E-state index in [1.165, 1.54) is 0 Å². The van der Waals surface area contributed by atoms with Crippen molar-refractivity contribution in [3.8, 4) is 11.5 Å². The summed E-state index contributed by atoms with van der Waals surface area (Å²) in [6.45, 7) is 0. The third-order valence-corrected chi connectivity index (χ3v) is 1.39. The van der Waals surface area contributed by atoms with Crippen LogP contribution in [0, 0.1) is 11.6 Å². The summed E-state index contributed by atoms with van der Waals surface area (Å²) in [5.74, 6) is -4.77. The van der Waals surface area contributed by atoms with Gasteiger partial charge in [0.2, 0.25) is 0 Å². The molecule has 0 aromatic heterocycles. The first-order valence-electron chi connectivity index (χ1n) is 6.06. The molecule has 0 saturated heterocycles. The second-order valence-electron chi connectivity index (χ2n) is 2.12. The molecule has 5 heteroatoms. The van der Waals surface area contributed by atoms with Gasteiger partial charge in [0.1, 0.15) is 5.69 Å². The molecule has 13 heavy (non-hydrogen) atoms. The van der Waals surface area contributed by atoms with Crippen molar-refractivity contribution >= 4 is 5.69 Å². The molecule has 0 unspecified atom stereocenters. The minimum Gasteiger partial charge on any atom is -0.493 e. The number of benzene rings is 1. The summed E-state index contributed by atoms with van der Waals surface area (Å²) in [6, 6.07) is 0.472. The van der Waals surface area contributed by atoms with Crippen molar-refractivity contribution in [1.29, 1.82) is 0 Å².